The molecule has 0 radical (unpaired) electrons. The number of hydrogen-bond acceptors (Lipinski definition) is 5. The number of nitrogens with zero attached hydrogens (tertiary/aromatic N) is 2. The van der Waals surface area contributed by atoms with E-state index in [1.54, 1.807) is 0 Å². The molecule has 0 aliphatic carbocycles. The molecule has 0 aliphatic heterocycles. The number of anilines is 1. The van der Waals surface area contributed by atoms with Gasteiger partial charge in [0.15, 0.2) is 5.82 Å². The van der Waals surface area contributed by atoms with Gasteiger partial charge in [0.2, 0.25) is 12.3 Å². The highest BCUT2D eigenvalue weighted by molar-refractivity contribution is 5.92. The first-order chi connectivity index (χ1) is 8.84. The topological polar surface area (TPSA) is 80.1 Å². The average Bonchev–Trinajstić information content (AvgIpc) is 2.89. The fourth-order valence-electron chi connectivity index (χ4n) is 1.43. The Labute approximate surface area is 104 Å². The van der Waals surface area contributed by atoms with Gasteiger partial charge in [0.1, 0.15) is 0 Å². The SMILES string of the molecule is O=C(CNCCc1ncon1)Nc1ccccc1. The summed E-state index contributed by atoms with van der Waals surface area (Å²) < 4.78 is 4.60. The summed E-state index contributed by atoms with van der Waals surface area (Å²) in [5.41, 5.74) is 0.794. The Morgan fingerprint density at radius 1 is 1.28 bits per heavy atom. The minimum absolute atomic E-state index is 0.0747. The predicted molar refractivity (Wildman–Crippen MR) is 65.9 cm³/mol. The normalized spacial score (nSPS) is 10.2. The lowest BCUT2D eigenvalue weighted by atomic mass is 10.3. The second-order valence-electron chi connectivity index (χ2n) is 3.69. The lowest BCUT2D eigenvalue weighted by Gasteiger charge is -2.05. The largest absolute Gasteiger partial charge is 0.343 e. The van der Waals surface area contributed by atoms with Crippen LogP contribution < -0.4 is 10.6 Å². The Morgan fingerprint density at radius 3 is 2.83 bits per heavy atom. The zero-order chi connectivity index (χ0) is 12.6. The standard InChI is InChI=1S/C12H14N4O2/c17-12(15-10-4-2-1-3-5-10)8-13-7-6-11-14-9-18-16-11/h1-5,9,13H,6-8H2,(H,15,17). The molecule has 6 heteroatoms. The summed E-state index contributed by atoms with van der Waals surface area (Å²) >= 11 is 0. The summed E-state index contributed by atoms with van der Waals surface area (Å²) in [5, 5.41) is 9.47. The summed E-state index contributed by atoms with van der Waals surface area (Å²) in [7, 11) is 0. The van der Waals surface area contributed by atoms with Gasteiger partial charge in [-0.2, -0.15) is 4.98 Å². The maximum Gasteiger partial charge on any atom is 0.238 e. The van der Waals surface area contributed by atoms with Crippen LogP contribution >= 0.6 is 0 Å². The molecule has 0 bridgehead atoms. The number of carbonyl (C=O) groups excluding carboxylic acids is 1. The molecule has 1 aromatic heterocycles. The molecule has 1 aromatic carbocycles. The van der Waals surface area contributed by atoms with Crippen molar-refractivity contribution < 1.29 is 9.32 Å². The van der Waals surface area contributed by atoms with E-state index in [1.807, 2.05) is 30.3 Å². The van der Waals surface area contributed by atoms with E-state index in [-0.39, 0.29) is 12.5 Å². The third-order valence-corrected chi connectivity index (χ3v) is 2.28. The highest BCUT2D eigenvalue weighted by atomic mass is 16.5. The van der Waals surface area contributed by atoms with Crippen LogP contribution in [0, 0.1) is 0 Å². The molecule has 0 unspecified atom stereocenters. The number of rotatable bonds is 6. The number of aromatic nitrogens is 2. The van der Waals surface area contributed by atoms with Crippen LogP contribution in [0.1, 0.15) is 5.82 Å². The van der Waals surface area contributed by atoms with Crippen molar-refractivity contribution in [3.8, 4) is 0 Å². The highest BCUT2D eigenvalue weighted by Gasteiger charge is 2.02. The van der Waals surface area contributed by atoms with Crippen LogP contribution in [0.2, 0.25) is 0 Å². The molecule has 6 nitrogen and oxygen atoms in total. The zero-order valence-electron chi connectivity index (χ0n) is 9.80. The van der Waals surface area contributed by atoms with Crippen LogP contribution in [0.25, 0.3) is 0 Å². The van der Waals surface area contributed by atoms with Gasteiger partial charge in [-0.15, -0.1) is 0 Å². The van der Waals surface area contributed by atoms with Crippen LogP contribution in [-0.4, -0.2) is 29.1 Å². The molecule has 2 N–H and O–H groups in total. The van der Waals surface area contributed by atoms with E-state index >= 15 is 0 Å². The monoisotopic (exact) mass is 246 g/mol. The molecule has 0 saturated carbocycles. The van der Waals surface area contributed by atoms with Gasteiger partial charge < -0.3 is 15.2 Å². The Kier molecular flexibility index (Phi) is 4.43. The minimum atomic E-state index is -0.0747. The molecule has 0 aliphatic rings. The Hall–Kier alpha value is -2.21. The van der Waals surface area contributed by atoms with Crippen molar-refractivity contribution in [3.63, 3.8) is 0 Å². The average molecular weight is 246 g/mol. The van der Waals surface area contributed by atoms with Gasteiger partial charge >= 0.3 is 0 Å². The van der Waals surface area contributed by atoms with Crippen molar-refractivity contribution in [1.29, 1.82) is 0 Å². The van der Waals surface area contributed by atoms with E-state index in [1.165, 1.54) is 6.39 Å². The van der Waals surface area contributed by atoms with Gasteiger partial charge in [-0.3, -0.25) is 4.79 Å². The fraction of sp³-hybridized carbons (Fsp3) is 0.250. The number of para-hydroxylation sites is 1. The molecular weight excluding hydrogens is 232 g/mol. The third kappa shape index (κ3) is 3.99. The number of benzene rings is 1. The van der Waals surface area contributed by atoms with Crippen molar-refractivity contribution in [2.24, 2.45) is 0 Å². The molecule has 0 fully saturated rings. The third-order valence-electron chi connectivity index (χ3n) is 2.28. The molecule has 0 saturated heterocycles. The van der Waals surface area contributed by atoms with E-state index in [2.05, 4.69) is 25.3 Å². The molecule has 1 heterocycles. The fourth-order valence-corrected chi connectivity index (χ4v) is 1.43. The molecule has 18 heavy (non-hydrogen) atoms. The van der Waals surface area contributed by atoms with Crippen molar-refractivity contribution >= 4 is 11.6 Å². The molecule has 1 amide bonds. The summed E-state index contributed by atoms with van der Waals surface area (Å²) in [6.07, 6.45) is 1.92. The van der Waals surface area contributed by atoms with Gasteiger partial charge in [-0.1, -0.05) is 23.4 Å². The van der Waals surface area contributed by atoms with Crippen molar-refractivity contribution in [1.82, 2.24) is 15.5 Å². The predicted octanol–water partition coefficient (Wildman–Crippen LogP) is 0.840. The molecule has 0 spiro atoms. The summed E-state index contributed by atoms with van der Waals surface area (Å²) in [6, 6.07) is 9.34. The van der Waals surface area contributed by atoms with Crippen LogP contribution in [-0.2, 0) is 11.2 Å². The molecule has 2 aromatic rings. The summed E-state index contributed by atoms with van der Waals surface area (Å²) in [6.45, 7) is 0.883. The summed E-state index contributed by atoms with van der Waals surface area (Å²) in [4.78, 5) is 15.4. The quantitative estimate of drug-likeness (QED) is 0.738. The van der Waals surface area contributed by atoms with Crippen LogP contribution in [0.5, 0.6) is 0 Å². The molecule has 0 atom stereocenters. The van der Waals surface area contributed by atoms with Gasteiger partial charge in [-0.05, 0) is 12.1 Å². The lowest BCUT2D eigenvalue weighted by molar-refractivity contribution is -0.115. The van der Waals surface area contributed by atoms with Crippen LogP contribution in [0.15, 0.2) is 41.2 Å². The van der Waals surface area contributed by atoms with E-state index in [0.717, 1.165) is 5.69 Å². The van der Waals surface area contributed by atoms with Crippen LogP contribution in [0.4, 0.5) is 5.69 Å². The van der Waals surface area contributed by atoms with Crippen LogP contribution in [0.3, 0.4) is 0 Å². The van der Waals surface area contributed by atoms with Crippen molar-refractivity contribution in [2.45, 2.75) is 6.42 Å². The molecule has 94 valence electrons. The van der Waals surface area contributed by atoms with E-state index in [0.29, 0.717) is 18.8 Å². The molecular formula is C12H14N4O2. The number of carbonyl (C=O) groups is 1. The van der Waals surface area contributed by atoms with Crippen molar-refractivity contribution in [3.05, 3.63) is 42.5 Å². The highest BCUT2D eigenvalue weighted by Crippen LogP contribution is 2.03. The van der Waals surface area contributed by atoms with E-state index in [9.17, 15) is 4.79 Å². The lowest BCUT2D eigenvalue weighted by Crippen LogP contribution is -2.29. The minimum Gasteiger partial charge on any atom is -0.343 e. The Morgan fingerprint density at radius 2 is 2.11 bits per heavy atom. The van der Waals surface area contributed by atoms with E-state index < -0.39 is 0 Å². The van der Waals surface area contributed by atoms with Gasteiger partial charge in [0.25, 0.3) is 0 Å². The maximum atomic E-state index is 11.6. The zero-order valence-corrected chi connectivity index (χ0v) is 9.80. The van der Waals surface area contributed by atoms with Gasteiger partial charge in [-0.25, -0.2) is 0 Å². The summed E-state index contributed by atoms with van der Waals surface area (Å²) in [5.74, 6) is 0.556. The Bertz CT molecular complexity index is 470. The maximum absolute atomic E-state index is 11.6. The number of amides is 1. The first kappa shape index (κ1) is 12.3. The second kappa shape index (κ2) is 6.51. The number of nitrogens with one attached hydrogen (secondary N) is 2. The van der Waals surface area contributed by atoms with Crippen molar-refractivity contribution in [2.75, 3.05) is 18.4 Å². The van der Waals surface area contributed by atoms with Gasteiger partial charge in [0, 0.05) is 18.7 Å². The van der Waals surface area contributed by atoms with E-state index in [4.69, 9.17) is 0 Å². The first-order valence-electron chi connectivity index (χ1n) is 5.65. The van der Waals surface area contributed by atoms with Gasteiger partial charge in [0.05, 0.1) is 6.54 Å². The Balaban J connectivity index is 1.63. The number of hydrogen-bond donors (Lipinski definition) is 2. The first-order valence-corrected chi connectivity index (χ1v) is 5.65. The second-order valence-corrected chi connectivity index (χ2v) is 3.69. The molecule has 2 rings (SSSR count). The smallest absolute Gasteiger partial charge is 0.238 e.